The highest BCUT2D eigenvalue weighted by Crippen LogP contribution is 2.36. The number of nitrogens with one attached hydrogen (secondary N) is 1. The zero-order valence-electron chi connectivity index (χ0n) is 11.9. The van der Waals surface area contributed by atoms with Gasteiger partial charge >= 0.3 is 6.03 Å². The number of hydrogen-bond donors (Lipinski definition) is 2. The van der Waals surface area contributed by atoms with Gasteiger partial charge in [-0.25, -0.2) is 4.79 Å². The summed E-state index contributed by atoms with van der Waals surface area (Å²) in [6.45, 7) is 6.10. The summed E-state index contributed by atoms with van der Waals surface area (Å²) in [5, 5.41) is 2.51. The van der Waals surface area contributed by atoms with Crippen molar-refractivity contribution in [1.82, 2.24) is 0 Å². The fourth-order valence-electron chi connectivity index (χ4n) is 1.68. The van der Waals surface area contributed by atoms with E-state index in [-0.39, 0.29) is 5.41 Å². The van der Waals surface area contributed by atoms with E-state index in [1.54, 1.807) is 12.3 Å². The first-order chi connectivity index (χ1) is 8.66. The molecule has 3 N–H and O–H groups in total. The van der Waals surface area contributed by atoms with Gasteiger partial charge in [0.15, 0.2) is 5.75 Å². The number of benzene rings is 1. The smallest absolute Gasteiger partial charge is 0.316 e. The van der Waals surface area contributed by atoms with E-state index in [9.17, 15) is 9.00 Å². The van der Waals surface area contributed by atoms with Crippen LogP contribution in [0.25, 0.3) is 0 Å². The van der Waals surface area contributed by atoms with E-state index in [1.165, 1.54) is 7.11 Å². The summed E-state index contributed by atoms with van der Waals surface area (Å²) in [4.78, 5) is 11.6. The quantitative estimate of drug-likeness (QED) is 0.893. The van der Waals surface area contributed by atoms with Crippen LogP contribution in [0, 0.1) is 0 Å². The molecule has 0 aliphatic rings. The van der Waals surface area contributed by atoms with Gasteiger partial charge in [-0.15, -0.1) is 0 Å². The van der Waals surface area contributed by atoms with Gasteiger partial charge in [0.25, 0.3) is 0 Å². The van der Waals surface area contributed by atoms with Crippen LogP contribution < -0.4 is 15.8 Å². The number of amides is 2. The SMILES string of the molecule is COc1c(NC(N)=O)cc(C(C)(C)C)cc1S(C)=O. The van der Waals surface area contributed by atoms with Gasteiger partial charge in [0, 0.05) is 6.26 Å². The lowest BCUT2D eigenvalue weighted by Crippen LogP contribution is -2.21. The average Bonchev–Trinajstić information content (AvgIpc) is 2.25. The Morgan fingerprint density at radius 1 is 1.37 bits per heavy atom. The number of rotatable bonds is 3. The van der Waals surface area contributed by atoms with Crippen molar-refractivity contribution >= 4 is 22.5 Å². The van der Waals surface area contributed by atoms with E-state index in [0.717, 1.165) is 5.56 Å². The monoisotopic (exact) mass is 284 g/mol. The van der Waals surface area contributed by atoms with Gasteiger partial charge in [-0.05, 0) is 23.1 Å². The van der Waals surface area contributed by atoms with Gasteiger partial charge in [-0.2, -0.15) is 0 Å². The van der Waals surface area contributed by atoms with E-state index >= 15 is 0 Å². The van der Waals surface area contributed by atoms with Crippen LogP contribution in [0.3, 0.4) is 0 Å². The molecule has 0 fully saturated rings. The molecule has 1 rings (SSSR count). The highest BCUT2D eigenvalue weighted by molar-refractivity contribution is 7.84. The molecule has 1 aromatic carbocycles. The summed E-state index contributed by atoms with van der Waals surface area (Å²) in [5.74, 6) is 0.382. The predicted octanol–water partition coefficient (Wildman–Crippen LogP) is 2.22. The van der Waals surface area contributed by atoms with Gasteiger partial charge in [-0.1, -0.05) is 20.8 Å². The Morgan fingerprint density at radius 3 is 2.32 bits per heavy atom. The molecular formula is C13H20N2O3S. The molecule has 0 spiro atoms. The third-order valence-electron chi connectivity index (χ3n) is 2.69. The molecule has 0 aromatic heterocycles. The number of carbonyl (C=O) groups is 1. The Bertz CT molecular complexity index is 521. The Hall–Kier alpha value is -1.56. The van der Waals surface area contributed by atoms with Gasteiger partial charge in [-0.3, -0.25) is 4.21 Å². The molecule has 5 nitrogen and oxygen atoms in total. The first-order valence-electron chi connectivity index (χ1n) is 5.79. The second-order valence-corrected chi connectivity index (χ2v) is 6.60. The van der Waals surface area contributed by atoms with Crippen LogP contribution in [0.15, 0.2) is 17.0 Å². The molecule has 0 radical (unpaired) electrons. The molecule has 0 heterocycles. The van der Waals surface area contributed by atoms with E-state index < -0.39 is 16.8 Å². The van der Waals surface area contributed by atoms with Crippen LogP contribution in [0.5, 0.6) is 5.75 Å². The number of hydrogen-bond acceptors (Lipinski definition) is 3. The summed E-state index contributed by atoms with van der Waals surface area (Å²) < 4.78 is 17.1. The second kappa shape index (κ2) is 5.61. The lowest BCUT2D eigenvalue weighted by Gasteiger charge is -2.22. The standard InChI is InChI=1S/C13H20N2O3S/c1-13(2,3)8-6-9(15-12(14)16)11(18-4)10(7-8)19(5)17/h6-7H,1-5H3,(H3,14,15,16). The maximum atomic E-state index is 11.8. The predicted molar refractivity (Wildman–Crippen MR) is 77.2 cm³/mol. The summed E-state index contributed by atoms with van der Waals surface area (Å²) in [6, 6.07) is 2.94. The Labute approximate surface area is 116 Å². The van der Waals surface area contributed by atoms with Crippen molar-refractivity contribution in [3.63, 3.8) is 0 Å². The second-order valence-electron chi connectivity index (χ2n) is 5.25. The van der Waals surface area contributed by atoms with Crippen LogP contribution in [-0.4, -0.2) is 23.6 Å². The van der Waals surface area contributed by atoms with E-state index in [1.807, 2.05) is 26.8 Å². The van der Waals surface area contributed by atoms with Crippen molar-refractivity contribution in [2.75, 3.05) is 18.7 Å². The Morgan fingerprint density at radius 2 is 1.95 bits per heavy atom. The summed E-state index contributed by atoms with van der Waals surface area (Å²) in [5.41, 5.74) is 6.39. The van der Waals surface area contributed by atoms with Crippen LogP contribution in [0.1, 0.15) is 26.3 Å². The molecule has 106 valence electrons. The van der Waals surface area contributed by atoms with Gasteiger partial charge in [0.2, 0.25) is 0 Å². The number of primary amides is 1. The van der Waals surface area contributed by atoms with Gasteiger partial charge in [0.05, 0.1) is 28.5 Å². The normalized spacial score (nSPS) is 12.9. The van der Waals surface area contributed by atoms with Crippen LogP contribution in [0.4, 0.5) is 10.5 Å². The summed E-state index contributed by atoms with van der Waals surface area (Å²) >= 11 is 0. The molecule has 0 aliphatic heterocycles. The molecule has 1 atom stereocenters. The van der Waals surface area contributed by atoms with Crippen LogP contribution in [-0.2, 0) is 16.2 Å². The number of methoxy groups -OCH3 is 1. The lowest BCUT2D eigenvalue weighted by molar-refractivity contribution is 0.259. The van der Waals surface area contributed by atoms with Crippen molar-refractivity contribution in [1.29, 1.82) is 0 Å². The molecule has 1 unspecified atom stereocenters. The first-order valence-corrected chi connectivity index (χ1v) is 7.35. The fourth-order valence-corrected chi connectivity index (χ4v) is 2.43. The van der Waals surface area contributed by atoms with E-state index in [0.29, 0.717) is 16.3 Å². The largest absolute Gasteiger partial charge is 0.493 e. The Kier molecular flexibility index (Phi) is 4.57. The summed E-state index contributed by atoms with van der Waals surface area (Å²) in [6.07, 6.45) is 1.57. The molecule has 0 saturated carbocycles. The number of anilines is 1. The minimum Gasteiger partial charge on any atom is -0.493 e. The third kappa shape index (κ3) is 3.70. The molecular weight excluding hydrogens is 264 g/mol. The minimum absolute atomic E-state index is 0.144. The van der Waals surface area contributed by atoms with Crippen LogP contribution in [0.2, 0.25) is 0 Å². The number of urea groups is 1. The molecule has 0 aliphatic carbocycles. The highest BCUT2D eigenvalue weighted by Gasteiger charge is 2.21. The van der Waals surface area contributed by atoms with Crippen molar-refractivity contribution in [2.24, 2.45) is 5.73 Å². The molecule has 1 aromatic rings. The van der Waals surface area contributed by atoms with Crippen molar-refractivity contribution in [3.8, 4) is 5.75 Å². The summed E-state index contributed by atoms with van der Waals surface area (Å²) in [7, 11) is 0.239. The topological polar surface area (TPSA) is 81.4 Å². The molecule has 19 heavy (non-hydrogen) atoms. The van der Waals surface area contributed by atoms with Gasteiger partial charge < -0.3 is 15.8 Å². The lowest BCUT2D eigenvalue weighted by atomic mass is 9.86. The average molecular weight is 284 g/mol. The molecule has 0 bridgehead atoms. The number of nitrogens with two attached hydrogens (primary N) is 1. The Balaban J connectivity index is 3.54. The molecule has 2 amide bonds. The van der Waals surface area contributed by atoms with E-state index in [2.05, 4.69) is 5.32 Å². The fraction of sp³-hybridized carbons (Fsp3) is 0.462. The highest BCUT2D eigenvalue weighted by atomic mass is 32.2. The first kappa shape index (κ1) is 15.5. The van der Waals surface area contributed by atoms with Gasteiger partial charge in [0.1, 0.15) is 0 Å². The zero-order valence-corrected chi connectivity index (χ0v) is 12.7. The number of ether oxygens (including phenoxy) is 1. The van der Waals surface area contributed by atoms with Crippen LogP contribution >= 0.6 is 0 Å². The van der Waals surface area contributed by atoms with Crippen molar-refractivity contribution in [2.45, 2.75) is 31.1 Å². The van der Waals surface area contributed by atoms with E-state index in [4.69, 9.17) is 10.5 Å². The molecule has 0 saturated heterocycles. The van der Waals surface area contributed by atoms with Crippen molar-refractivity contribution < 1.29 is 13.7 Å². The third-order valence-corrected chi connectivity index (χ3v) is 3.62. The number of carbonyl (C=O) groups excluding carboxylic acids is 1. The maximum absolute atomic E-state index is 11.8. The molecule has 6 heteroatoms. The zero-order chi connectivity index (χ0) is 14.8. The maximum Gasteiger partial charge on any atom is 0.316 e. The minimum atomic E-state index is -1.23. The van der Waals surface area contributed by atoms with Crippen molar-refractivity contribution in [3.05, 3.63) is 17.7 Å².